The van der Waals surface area contributed by atoms with E-state index in [1.807, 2.05) is 6.07 Å². The zero-order chi connectivity index (χ0) is 14.7. The van der Waals surface area contributed by atoms with E-state index in [-0.39, 0.29) is 6.04 Å². The normalized spacial score (nSPS) is 23.6. The first kappa shape index (κ1) is 14.6. The zero-order valence-corrected chi connectivity index (χ0v) is 12.9. The topological polar surface area (TPSA) is 32.3 Å². The lowest BCUT2D eigenvalue weighted by atomic mass is 10.0. The molecule has 1 aliphatic heterocycles. The third-order valence-corrected chi connectivity index (χ3v) is 4.88. The molecule has 0 aromatic heterocycles. The Morgan fingerprint density at radius 3 is 2.62 bits per heavy atom. The fraction of sp³-hybridized carbons (Fsp3) is 0.611. The maximum absolute atomic E-state index is 12.9. The van der Waals surface area contributed by atoms with Gasteiger partial charge in [0.25, 0.3) is 0 Å². The second-order valence-corrected chi connectivity index (χ2v) is 6.53. The molecular formula is C18H26N2O. The molecule has 3 nitrogen and oxygen atoms in total. The van der Waals surface area contributed by atoms with Crippen LogP contribution in [0.2, 0.25) is 0 Å². The quantitative estimate of drug-likeness (QED) is 0.902. The maximum Gasteiger partial charge on any atom is 0.240 e. The molecule has 0 spiro atoms. The number of amides is 1. The van der Waals surface area contributed by atoms with Crippen LogP contribution in [-0.2, 0) is 11.3 Å². The summed E-state index contributed by atoms with van der Waals surface area (Å²) in [4.78, 5) is 15.1. The maximum atomic E-state index is 12.9. The van der Waals surface area contributed by atoms with E-state index < -0.39 is 0 Å². The Labute approximate surface area is 127 Å². The van der Waals surface area contributed by atoms with Crippen LogP contribution in [0.4, 0.5) is 0 Å². The van der Waals surface area contributed by atoms with Crippen LogP contribution in [0, 0.1) is 5.92 Å². The van der Waals surface area contributed by atoms with Crippen molar-refractivity contribution < 1.29 is 4.79 Å². The smallest absolute Gasteiger partial charge is 0.240 e. The van der Waals surface area contributed by atoms with E-state index >= 15 is 0 Å². The fourth-order valence-corrected chi connectivity index (χ4v) is 3.30. The molecule has 21 heavy (non-hydrogen) atoms. The lowest BCUT2D eigenvalue weighted by molar-refractivity contribution is -0.137. The van der Waals surface area contributed by atoms with Gasteiger partial charge in [-0.05, 0) is 50.6 Å². The Balaban J connectivity index is 1.73. The van der Waals surface area contributed by atoms with Gasteiger partial charge in [-0.25, -0.2) is 0 Å². The number of nitrogens with one attached hydrogen (secondary N) is 1. The van der Waals surface area contributed by atoms with E-state index in [1.54, 1.807) is 0 Å². The monoisotopic (exact) mass is 286 g/mol. The van der Waals surface area contributed by atoms with Crippen molar-refractivity contribution in [2.24, 2.45) is 5.92 Å². The summed E-state index contributed by atoms with van der Waals surface area (Å²) in [5.74, 6) is 1.01. The third kappa shape index (κ3) is 3.65. The van der Waals surface area contributed by atoms with Crippen molar-refractivity contribution in [3.63, 3.8) is 0 Å². The van der Waals surface area contributed by atoms with Crippen molar-refractivity contribution in [1.29, 1.82) is 0 Å². The standard InChI is InChI=1S/C18H26N2O/c1-14(16-10-11-16)20(13-15-7-3-2-4-8-15)18(21)17-9-5-6-12-19-17/h2-4,7-8,14,16-17,19H,5-6,9-13H2,1H3/t14?,17-/m0/s1. The van der Waals surface area contributed by atoms with Crippen LogP contribution in [-0.4, -0.2) is 29.4 Å². The van der Waals surface area contributed by atoms with Gasteiger partial charge < -0.3 is 10.2 Å². The van der Waals surface area contributed by atoms with E-state index in [0.717, 1.165) is 19.5 Å². The molecule has 2 fully saturated rings. The van der Waals surface area contributed by atoms with Crippen molar-refractivity contribution >= 4 is 5.91 Å². The average molecular weight is 286 g/mol. The van der Waals surface area contributed by atoms with Crippen LogP contribution in [0.25, 0.3) is 0 Å². The molecule has 1 aromatic carbocycles. The summed E-state index contributed by atoms with van der Waals surface area (Å²) in [6.07, 6.45) is 5.90. The molecule has 1 heterocycles. The second-order valence-electron chi connectivity index (χ2n) is 6.53. The largest absolute Gasteiger partial charge is 0.334 e. The van der Waals surface area contributed by atoms with E-state index in [9.17, 15) is 4.79 Å². The van der Waals surface area contributed by atoms with Crippen LogP contribution in [0.3, 0.4) is 0 Å². The molecule has 2 atom stereocenters. The van der Waals surface area contributed by atoms with Crippen LogP contribution in [0.1, 0.15) is 44.6 Å². The highest BCUT2D eigenvalue weighted by Gasteiger charge is 2.36. The van der Waals surface area contributed by atoms with E-state index in [1.165, 1.54) is 31.2 Å². The number of piperidine rings is 1. The minimum absolute atomic E-state index is 0.0312. The number of hydrogen-bond donors (Lipinski definition) is 1. The minimum atomic E-state index is 0.0312. The van der Waals surface area contributed by atoms with Crippen LogP contribution < -0.4 is 5.32 Å². The van der Waals surface area contributed by atoms with Crippen molar-refractivity contribution in [3.8, 4) is 0 Å². The number of hydrogen-bond acceptors (Lipinski definition) is 2. The van der Waals surface area contributed by atoms with Crippen LogP contribution >= 0.6 is 0 Å². The molecule has 1 N–H and O–H groups in total. The van der Waals surface area contributed by atoms with Gasteiger partial charge in [0.05, 0.1) is 6.04 Å². The highest BCUT2D eigenvalue weighted by Crippen LogP contribution is 2.36. The molecule has 1 amide bonds. The first-order valence-corrected chi connectivity index (χ1v) is 8.33. The number of nitrogens with zero attached hydrogens (tertiary/aromatic N) is 1. The summed E-state index contributed by atoms with van der Waals surface area (Å²) in [5, 5.41) is 3.41. The Morgan fingerprint density at radius 2 is 2.00 bits per heavy atom. The van der Waals surface area contributed by atoms with Gasteiger partial charge in [0.2, 0.25) is 5.91 Å². The average Bonchev–Trinajstić information content (AvgIpc) is 3.38. The molecule has 114 valence electrons. The highest BCUT2D eigenvalue weighted by molar-refractivity contribution is 5.82. The Morgan fingerprint density at radius 1 is 1.24 bits per heavy atom. The summed E-state index contributed by atoms with van der Waals surface area (Å²) < 4.78 is 0. The van der Waals surface area contributed by atoms with Gasteiger partial charge in [-0.2, -0.15) is 0 Å². The molecule has 1 saturated heterocycles. The third-order valence-electron chi connectivity index (χ3n) is 4.88. The summed E-state index contributed by atoms with van der Waals surface area (Å²) in [5.41, 5.74) is 1.23. The van der Waals surface area contributed by atoms with Crippen molar-refractivity contribution in [2.45, 2.75) is 57.7 Å². The molecule has 2 aliphatic rings. The SMILES string of the molecule is CC(C1CC1)N(Cc1ccccc1)C(=O)[C@@H]1CCCCN1. The lowest BCUT2D eigenvalue weighted by Crippen LogP contribution is -2.51. The second kappa shape index (κ2) is 6.61. The first-order valence-electron chi connectivity index (χ1n) is 8.33. The van der Waals surface area contributed by atoms with Crippen molar-refractivity contribution in [3.05, 3.63) is 35.9 Å². The predicted octanol–water partition coefficient (Wildman–Crippen LogP) is 2.96. The number of rotatable bonds is 5. The molecule has 3 heteroatoms. The fourth-order valence-electron chi connectivity index (χ4n) is 3.30. The number of benzene rings is 1. The molecule has 1 aliphatic carbocycles. The van der Waals surface area contributed by atoms with Gasteiger partial charge >= 0.3 is 0 Å². The Hall–Kier alpha value is -1.35. The summed E-state index contributed by atoms with van der Waals surface area (Å²) >= 11 is 0. The van der Waals surface area contributed by atoms with Crippen molar-refractivity contribution in [1.82, 2.24) is 10.2 Å². The summed E-state index contributed by atoms with van der Waals surface area (Å²) in [6, 6.07) is 10.8. The van der Waals surface area contributed by atoms with Gasteiger partial charge in [-0.3, -0.25) is 4.79 Å². The van der Waals surface area contributed by atoms with Crippen molar-refractivity contribution in [2.75, 3.05) is 6.54 Å². The predicted molar refractivity (Wildman–Crippen MR) is 84.8 cm³/mol. The number of carbonyl (C=O) groups is 1. The molecule has 0 radical (unpaired) electrons. The van der Waals surface area contributed by atoms with Crippen LogP contribution in [0.15, 0.2) is 30.3 Å². The van der Waals surface area contributed by atoms with Gasteiger partial charge in [0.15, 0.2) is 0 Å². The Bertz CT molecular complexity index is 463. The first-order chi connectivity index (χ1) is 10.3. The zero-order valence-electron chi connectivity index (χ0n) is 12.9. The molecular weight excluding hydrogens is 260 g/mol. The molecule has 1 unspecified atom stereocenters. The molecule has 3 rings (SSSR count). The van der Waals surface area contributed by atoms with Gasteiger partial charge in [0.1, 0.15) is 0 Å². The van der Waals surface area contributed by atoms with E-state index in [2.05, 4.69) is 41.4 Å². The summed E-state index contributed by atoms with van der Waals surface area (Å²) in [7, 11) is 0. The Kier molecular flexibility index (Phi) is 4.59. The van der Waals surface area contributed by atoms with Gasteiger partial charge in [0, 0.05) is 12.6 Å². The minimum Gasteiger partial charge on any atom is -0.334 e. The summed E-state index contributed by atoms with van der Waals surface area (Å²) in [6.45, 7) is 3.95. The molecule has 1 saturated carbocycles. The van der Waals surface area contributed by atoms with Crippen LogP contribution in [0.5, 0.6) is 0 Å². The molecule has 1 aromatic rings. The highest BCUT2D eigenvalue weighted by atomic mass is 16.2. The van der Waals surface area contributed by atoms with Gasteiger partial charge in [-0.15, -0.1) is 0 Å². The van der Waals surface area contributed by atoms with E-state index in [4.69, 9.17) is 0 Å². The van der Waals surface area contributed by atoms with E-state index in [0.29, 0.717) is 17.9 Å². The van der Waals surface area contributed by atoms with Gasteiger partial charge in [-0.1, -0.05) is 36.8 Å². The molecule has 0 bridgehead atoms. The lowest BCUT2D eigenvalue weighted by Gasteiger charge is -2.34. The number of carbonyl (C=O) groups excluding carboxylic acids is 1.